The van der Waals surface area contributed by atoms with Crippen molar-refractivity contribution >= 4 is 17.9 Å². The average Bonchev–Trinajstić information content (AvgIpc) is 2.82. The van der Waals surface area contributed by atoms with E-state index in [0.29, 0.717) is 5.92 Å². The van der Waals surface area contributed by atoms with Crippen LogP contribution >= 0.6 is 0 Å². The van der Waals surface area contributed by atoms with Gasteiger partial charge in [0.2, 0.25) is 11.8 Å². The molecule has 1 saturated heterocycles. The number of aromatic hydroxyl groups is 1. The first-order valence-corrected chi connectivity index (χ1v) is 11.1. The Kier molecular flexibility index (Phi) is 8.31. The van der Waals surface area contributed by atoms with E-state index >= 15 is 0 Å². The van der Waals surface area contributed by atoms with E-state index in [0.717, 1.165) is 50.1 Å². The van der Waals surface area contributed by atoms with Crippen molar-refractivity contribution in [3.05, 3.63) is 65.7 Å². The van der Waals surface area contributed by atoms with Crippen LogP contribution in [0.2, 0.25) is 0 Å². The summed E-state index contributed by atoms with van der Waals surface area (Å²) in [5.41, 5.74) is 2.11. The Bertz CT molecular complexity index is 914. The molecule has 1 fully saturated rings. The van der Waals surface area contributed by atoms with Gasteiger partial charge in [-0.15, -0.1) is 0 Å². The van der Waals surface area contributed by atoms with Gasteiger partial charge in [-0.2, -0.15) is 0 Å². The molecule has 1 aliphatic rings. The Balaban J connectivity index is 1.40. The van der Waals surface area contributed by atoms with Crippen LogP contribution in [0.5, 0.6) is 11.5 Å². The summed E-state index contributed by atoms with van der Waals surface area (Å²) in [5, 5.41) is 12.2. The number of nitrogens with zero attached hydrogens (tertiary/aromatic N) is 1. The maximum Gasteiger partial charge on any atom is 0.244 e. The van der Waals surface area contributed by atoms with Crippen molar-refractivity contribution in [2.45, 2.75) is 38.6 Å². The Labute approximate surface area is 189 Å². The van der Waals surface area contributed by atoms with E-state index in [-0.39, 0.29) is 17.6 Å². The zero-order chi connectivity index (χ0) is 22.9. The molecule has 6 heteroatoms. The second-order valence-electron chi connectivity index (χ2n) is 8.31. The van der Waals surface area contributed by atoms with Gasteiger partial charge in [0, 0.05) is 19.2 Å². The number of rotatable bonds is 8. The van der Waals surface area contributed by atoms with Gasteiger partial charge in [0.05, 0.1) is 7.11 Å². The molecule has 2 aromatic carbocycles. The van der Waals surface area contributed by atoms with E-state index in [9.17, 15) is 14.7 Å². The number of piperidine rings is 1. The molecule has 3 rings (SSSR count). The Morgan fingerprint density at radius 2 is 1.78 bits per heavy atom. The number of carbonyl (C=O) groups excluding carboxylic acids is 2. The third-order valence-corrected chi connectivity index (χ3v) is 5.98. The molecule has 0 bridgehead atoms. The first-order chi connectivity index (χ1) is 15.4. The summed E-state index contributed by atoms with van der Waals surface area (Å²) in [6.45, 7) is 3.18. The number of hydrogen-bond acceptors (Lipinski definition) is 4. The lowest BCUT2D eigenvalue weighted by Crippen LogP contribution is -2.49. The molecule has 2 N–H and O–H groups in total. The second kappa shape index (κ2) is 11.4. The van der Waals surface area contributed by atoms with Crippen LogP contribution in [-0.2, 0) is 16.0 Å². The Hall–Kier alpha value is -3.28. The third-order valence-electron chi connectivity index (χ3n) is 5.98. The molecule has 32 heavy (non-hydrogen) atoms. The van der Waals surface area contributed by atoms with E-state index < -0.39 is 6.04 Å². The van der Waals surface area contributed by atoms with Gasteiger partial charge in [-0.25, -0.2) is 0 Å². The molecule has 170 valence electrons. The fourth-order valence-electron chi connectivity index (χ4n) is 3.96. The minimum atomic E-state index is -0.559. The number of likely N-dealkylation sites (tertiary alicyclic amines) is 1. The lowest BCUT2D eigenvalue weighted by atomic mass is 9.90. The quantitative estimate of drug-likeness (QED) is 0.617. The molecule has 0 aromatic heterocycles. The van der Waals surface area contributed by atoms with Crippen molar-refractivity contribution in [1.29, 1.82) is 0 Å². The highest BCUT2D eigenvalue weighted by Crippen LogP contribution is 2.23. The molecule has 2 amide bonds. The lowest BCUT2D eigenvalue weighted by Gasteiger charge is -2.33. The largest absolute Gasteiger partial charge is 0.508 e. The first kappa shape index (κ1) is 23.4. The Morgan fingerprint density at radius 3 is 2.41 bits per heavy atom. The summed E-state index contributed by atoms with van der Waals surface area (Å²) in [6.07, 6.45) is 7.16. The van der Waals surface area contributed by atoms with Crippen LogP contribution in [0, 0.1) is 5.92 Å². The molecule has 1 aliphatic heterocycles. The van der Waals surface area contributed by atoms with Crippen LogP contribution in [-0.4, -0.2) is 48.1 Å². The highest BCUT2D eigenvalue weighted by Gasteiger charge is 2.26. The summed E-state index contributed by atoms with van der Waals surface area (Å²) in [6, 6.07) is 14.2. The number of phenols is 1. The van der Waals surface area contributed by atoms with Crippen LogP contribution in [0.1, 0.15) is 37.3 Å². The number of ether oxygens (including phenoxy) is 1. The molecule has 6 nitrogen and oxygen atoms in total. The fraction of sp³-hybridized carbons (Fsp3) is 0.385. The maximum atomic E-state index is 12.7. The van der Waals surface area contributed by atoms with Crippen LogP contribution in [0.15, 0.2) is 54.6 Å². The first-order valence-electron chi connectivity index (χ1n) is 11.1. The Morgan fingerprint density at radius 1 is 1.12 bits per heavy atom. The molecular formula is C26H32N2O4. The molecule has 1 unspecified atom stereocenters. The minimum Gasteiger partial charge on any atom is -0.508 e. The average molecular weight is 437 g/mol. The summed E-state index contributed by atoms with van der Waals surface area (Å²) in [5.74, 6) is 1.32. The minimum absolute atomic E-state index is 0.0341. The van der Waals surface area contributed by atoms with Gasteiger partial charge in [0.25, 0.3) is 0 Å². The SMILES string of the molecule is COc1ccc(C=CC(=O)NC(C)C(=O)N2CCC(CCc3ccc(O)cc3)CC2)cc1. The van der Waals surface area contributed by atoms with Crippen LogP contribution in [0.4, 0.5) is 0 Å². The van der Waals surface area contributed by atoms with Gasteiger partial charge >= 0.3 is 0 Å². The number of amides is 2. The fourth-order valence-corrected chi connectivity index (χ4v) is 3.96. The molecule has 0 aliphatic carbocycles. The second-order valence-corrected chi connectivity index (χ2v) is 8.31. The van der Waals surface area contributed by atoms with Gasteiger partial charge in [-0.05, 0) is 80.0 Å². The van der Waals surface area contributed by atoms with Gasteiger partial charge in [-0.3, -0.25) is 9.59 Å². The van der Waals surface area contributed by atoms with Crippen molar-refractivity contribution in [1.82, 2.24) is 10.2 Å². The van der Waals surface area contributed by atoms with Crippen LogP contribution in [0.3, 0.4) is 0 Å². The van der Waals surface area contributed by atoms with Gasteiger partial charge < -0.3 is 20.1 Å². The van der Waals surface area contributed by atoms with Crippen LogP contribution < -0.4 is 10.1 Å². The summed E-state index contributed by atoms with van der Waals surface area (Å²) < 4.78 is 5.12. The van der Waals surface area contributed by atoms with Crippen molar-refractivity contribution < 1.29 is 19.4 Å². The normalized spacial score (nSPS) is 15.5. The van der Waals surface area contributed by atoms with E-state index in [1.54, 1.807) is 32.2 Å². The van der Waals surface area contributed by atoms with E-state index in [4.69, 9.17) is 4.74 Å². The number of phenolic OH excluding ortho intramolecular Hbond substituents is 1. The number of benzene rings is 2. The molecule has 2 aromatic rings. The molecule has 1 atom stereocenters. The number of carbonyl (C=O) groups is 2. The number of methoxy groups -OCH3 is 1. The van der Waals surface area contributed by atoms with Gasteiger partial charge in [0.15, 0.2) is 0 Å². The van der Waals surface area contributed by atoms with Gasteiger partial charge in [0.1, 0.15) is 17.5 Å². The monoisotopic (exact) mass is 436 g/mol. The maximum absolute atomic E-state index is 12.7. The summed E-state index contributed by atoms with van der Waals surface area (Å²) >= 11 is 0. The predicted molar refractivity (Wildman–Crippen MR) is 125 cm³/mol. The molecule has 0 saturated carbocycles. The zero-order valence-electron chi connectivity index (χ0n) is 18.8. The standard InChI is InChI=1S/C26H32N2O4/c1-19(27-25(30)14-9-21-7-12-24(32-2)13-8-21)26(31)28-17-15-22(16-18-28)4-3-20-5-10-23(29)11-6-20/h5-14,19,22,29H,3-4,15-18H2,1-2H3,(H,27,30). The molecule has 0 spiro atoms. The zero-order valence-corrected chi connectivity index (χ0v) is 18.8. The topological polar surface area (TPSA) is 78.9 Å². The van der Waals surface area contributed by atoms with Crippen molar-refractivity contribution in [2.75, 3.05) is 20.2 Å². The van der Waals surface area contributed by atoms with Crippen molar-refractivity contribution in [3.8, 4) is 11.5 Å². The van der Waals surface area contributed by atoms with Crippen LogP contribution in [0.25, 0.3) is 6.08 Å². The summed E-state index contributed by atoms with van der Waals surface area (Å²) in [7, 11) is 1.61. The number of hydrogen-bond donors (Lipinski definition) is 2. The third kappa shape index (κ3) is 6.87. The number of aryl methyl sites for hydroxylation is 1. The van der Waals surface area contributed by atoms with Crippen molar-refractivity contribution in [3.63, 3.8) is 0 Å². The molecule has 1 heterocycles. The molecular weight excluding hydrogens is 404 g/mol. The highest BCUT2D eigenvalue weighted by molar-refractivity contribution is 5.95. The van der Waals surface area contributed by atoms with Crippen molar-refractivity contribution in [2.24, 2.45) is 5.92 Å². The smallest absolute Gasteiger partial charge is 0.244 e. The molecule has 0 radical (unpaired) electrons. The lowest BCUT2D eigenvalue weighted by molar-refractivity contribution is -0.136. The highest BCUT2D eigenvalue weighted by atomic mass is 16.5. The van der Waals surface area contributed by atoms with E-state index in [1.165, 1.54) is 11.6 Å². The van der Waals surface area contributed by atoms with E-state index in [2.05, 4.69) is 5.32 Å². The van der Waals surface area contributed by atoms with Gasteiger partial charge in [-0.1, -0.05) is 24.3 Å². The predicted octanol–water partition coefficient (Wildman–Crippen LogP) is 3.79. The number of nitrogens with one attached hydrogen (secondary N) is 1. The van der Waals surface area contributed by atoms with E-state index in [1.807, 2.05) is 41.3 Å². The summed E-state index contributed by atoms with van der Waals surface area (Å²) in [4.78, 5) is 26.8.